The van der Waals surface area contributed by atoms with Gasteiger partial charge in [-0.25, -0.2) is 4.98 Å². The number of pyridine rings is 1. The summed E-state index contributed by atoms with van der Waals surface area (Å²) in [5.41, 5.74) is 7.23. The number of hydrogen-bond acceptors (Lipinski definition) is 3. The van der Waals surface area contributed by atoms with Crippen molar-refractivity contribution in [3.63, 3.8) is 0 Å². The van der Waals surface area contributed by atoms with Gasteiger partial charge in [0.1, 0.15) is 5.82 Å². The zero-order valence-electron chi connectivity index (χ0n) is 12.4. The summed E-state index contributed by atoms with van der Waals surface area (Å²) < 4.78 is 0. The van der Waals surface area contributed by atoms with E-state index >= 15 is 0 Å². The lowest BCUT2D eigenvalue weighted by molar-refractivity contribution is 1.20. The van der Waals surface area contributed by atoms with Crippen molar-refractivity contribution in [2.75, 3.05) is 5.43 Å². The number of aromatic nitrogens is 1. The average molecular weight is 287 g/mol. The van der Waals surface area contributed by atoms with Gasteiger partial charge in [0, 0.05) is 17.3 Å². The molecular formula is C19H17N3. The first-order valence-electron chi connectivity index (χ1n) is 7.20. The number of aryl methyl sites for hydroxylation is 1. The number of rotatable bonds is 4. The van der Waals surface area contributed by atoms with E-state index in [9.17, 15) is 0 Å². The van der Waals surface area contributed by atoms with Crippen LogP contribution in [0.3, 0.4) is 0 Å². The summed E-state index contributed by atoms with van der Waals surface area (Å²) in [6, 6.07) is 24.2. The van der Waals surface area contributed by atoms with Crippen molar-refractivity contribution in [2.45, 2.75) is 6.92 Å². The summed E-state index contributed by atoms with van der Waals surface area (Å²) in [5.74, 6) is 0.740. The van der Waals surface area contributed by atoms with E-state index < -0.39 is 0 Å². The molecule has 108 valence electrons. The van der Waals surface area contributed by atoms with Crippen LogP contribution in [0.5, 0.6) is 0 Å². The molecule has 1 N–H and O–H groups in total. The highest BCUT2D eigenvalue weighted by atomic mass is 15.3. The molecule has 0 aliphatic rings. The molecule has 3 rings (SSSR count). The number of benzene rings is 2. The SMILES string of the molecule is Cc1ccnc(NN=C(c2ccccc2)c2ccccc2)c1. The van der Waals surface area contributed by atoms with Gasteiger partial charge < -0.3 is 0 Å². The van der Waals surface area contributed by atoms with Gasteiger partial charge in [-0.15, -0.1) is 0 Å². The summed E-state index contributed by atoms with van der Waals surface area (Å²) in [6.45, 7) is 2.03. The lowest BCUT2D eigenvalue weighted by Gasteiger charge is -2.08. The van der Waals surface area contributed by atoms with Gasteiger partial charge in [0.2, 0.25) is 0 Å². The molecule has 3 aromatic rings. The van der Waals surface area contributed by atoms with Crippen LogP contribution in [0.4, 0.5) is 5.82 Å². The maximum Gasteiger partial charge on any atom is 0.146 e. The summed E-state index contributed by atoms with van der Waals surface area (Å²) in [6.07, 6.45) is 1.78. The molecule has 22 heavy (non-hydrogen) atoms. The van der Waals surface area contributed by atoms with Crippen LogP contribution in [0, 0.1) is 6.92 Å². The van der Waals surface area contributed by atoms with Crippen LogP contribution in [-0.2, 0) is 0 Å². The molecule has 0 aliphatic heterocycles. The molecule has 3 nitrogen and oxygen atoms in total. The number of nitrogens with zero attached hydrogens (tertiary/aromatic N) is 2. The quantitative estimate of drug-likeness (QED) is 0.575. The van der Waals surface area contributed by atoms with Gasteiger partial charge in [-0.05, 0) is 24.6 Å². The van der Waals surface area contributed by atoms with Crippen molar-refractivity contribution in [1.82, 2.24) is 4.98 Å². The molecule has 0 saturated heterocycles. The van der Waals surface area contributed by atoms with Crippen LogP contribution in [0.1, 0.15) is 16.7 Å². The fourth-order valence-electron chi connectivity index (χ4n) is 2.20. The van der Waals surface area contributed by atoms with Gasteiger partial charge >= 0.3 is 0 Å². The van der Waals surface area contributed by atoms with Crippen LogP contribution in [0.25, 0.3) is 0 Å². The standard InChI is InChI=1S/C19H17N3/c1-15-12-13-20-18(14-15)21-22-19(16-8-4-2-5-9-16)17-10-6-3-7-11-17/h2-14H,1H3,(H,20,21). The average Bonchev–Trinajstić information content (AvgIpc) is 2.57. The molecule has 0 saturated carbocycles. The fourth-order valence-corrected chi connectivity index (χ4v) is 2.20. The molecular weight excluding hydrogens is 270 g/mol. The Hall–Kier alpha value is -2.94. The van der Waals surface area contributed by atoms with E-state index in [1.165, 1.54) is 0 Å². The Morgan fingerprint density at radius 2 is 1.45 bits per heavy atom. The normalized spacial score (nSPS) is 10.0. The van der Waals surface area contributed by atoms with E-state index in [4.69, 9.17) is 0 Å². The summed E-state index contributed by atoms with van der Waals surface area (Å²) in [7, 11) is 0. The van der Waals surface area contributed by atoms with Gasteiger partial charge in [0.15, 0.2) is 0 Å². The van der Waals surface area contributed by atoms with E-state index in [-0.39, 0.29) is 0 Å². The second-order valence-electron chi connectivity index (χ2n) is 5.02. The summed E-state index contributed by atoms with van der Waals surface area (Å²) in [5, 5.41) is 4.58. The predicted molar refractivity (Wildman–Crippen MR) is 91.1 cm³/mol. The molecule has 1 heterocycles. The lowest BCUT2D eigenvalue weighted by Crippen LogP contribution is -2.07. The minimum Gasteiger partial charge on any atom is -0.261 e. The van der Waals surface area contributed by atoms with Crippen molar-refractivity contribution >= 4 is 11.5 Å². The first kappa shape index (κ1) is 14.0. The molecule has 0 fully saturated rings. The third kappa shape index (κ3) is 3.38. The maximum atomic E-state index is 4.58. The minimum absolute atomic E-state index is 0.740. The molecule has 1 aromatic heterocycles. The van der Waals surface area contributed by atoms with Crippen LogP contribution in [0.2, 0.25) is 0 Å². The molecule has 0 aliphatic carbocycles. The zero-order chi connectivity index (χ0) is 15.2. The molecule has 0 atom stereocenters. The summed E-state index contributed by atoms with van der Waals surface area (Å²) >= 11 is 0. The molecule has 2 aromatic carbocycles. The molecule has 0 spiro atoms. The Labute approximate surface area is 130 Å². The van der Waals surface area contributed by atoms with Crippen LogP contribution in [0.15, 0.2) is 84.1 Å². The molecule has 3 heteroatoms. The first-order valence-corrected chi connectivity index (χ1v) is 7.20. The smallest absolute Gasteiger partial charge is 0.146 e. The van der Waals surface area contributed by atoms with E-state index in [0.717, 1.165) is 28.2 Å². The topological polar surface area (TPSA) is 37.3 Å². The minimum atomic E-state index is 0.740. The number of nitrogens with one attached hydrogen (secondary N) is 1. The van der Waals surface area contributed by atoms with Crippen molar-refractivity contribution in [1.29, 1.82) is 0 Å². The number of anilines is 1. The number of hydrazone groups is 1. The largest absolute Gasteiger partial charge is 0.261 e. The van der Waals surface area contributed by atoms with Gasteiger partial charge in [-0.2, -0.15) is 5.10 Å². The maximum absolute atomic E-state index is 4.58. The molecule has 0 unspecified atom stereocenters. The predicted octanol–water partition coefficient (Wildman–Crippen LogP) is 4.25. The Bertz CT molecular complexity index is 723. The van der Waals surface area contributed by atoms with Crippen LogP contribution < -0.4 is 5.43 Å². The van der Waals surface area contributed by atoms with E-state index in [1.807, 2.05) is 55.5 Å². The van der Waals surface area contributed by atoms with E-state index in [0.29, 0.717) is 0 Å². The second-order valence-corrected chi connectivity index (χ2v) is 5.02. The van der Waals surface area contributed by atoms with Crippen molar-refractivity contribution < 1.29 is 0 Å². The van der Waals surface area contributed by atoms with Crippen molar-refractivity contribution in [2.24, 2.45) is 5.10 Å². The monoisotopic (exact) mass is 287 g/mol. The van der Waals surface area contributed by atoms with E-state index in [1.54, 1.807) is 6.20 Å². The first-order chi connectivity index (χ1) is 10.8. The Morgan fingerprint density at radius 3 is 2.00 bits per heavy atom. The number of hydrogen-bond donors (Lipinski definition) is 1. The highest BCUT2D eigenvalue weighted by Gasteiger charge is 2.06. The highest BCUT2D eigenvalue weighted by Crippen LogP contribution is 2.12. The van der Waals surface area contributed by atoms with Gasteiger partial charge in [-0.1, -0.05) is 60.7 Å². The Kier molecular flexibility index (Phi) is 4.25. The Balaban J connectivity index is 1.97. The van der Waals surface area contributed by atoms with Crippen molar-refractivity contribution in [3.8, 4) is 0 Å². The Morgan fingerprint density at radius 1 is 0.864 bits per heavy atom. The van der Waals surface area contributed by atoms with Crippen LogP contribution in [-0.4, -0.2) is 10.7 Å². The van der Waals surface area contributed by atoms with E-state index in [2.05, 4.69) is 39.8 Å². The second kappa shape index (κ2) is 6.68. The van der Waals surface area contributed by atoms with Gasteiger partial charge in [0.05, 0.1) is 5.71 Å². The fraction of sp³-hybridized carbons (Fsp3) is 0.0526. The molecule has 0 bridgehead atoms. The third-order valence-corrected chi connectivity index (χ3v) is 3.29. The molecule has 0 radical (unpaired) electrons. The zero-order valence-corrected chi connectivity index (χ0v) is 12.4. The van der Waals surface area contributed by atoms with Crippen LogP contribution >= 0.6 is 0 Å². The summed E-state index contributed by atoms with van der Waals surface area (Å²) in [4.78, 5) is 4.28. The van der Waals surface area contributed by atoms with Crippen molar-refractivity contribution in [3.05, 3.63) is 95.7 Å². The van der Waals surface area contributed by atoms with Gasteiger partial charge in [-0.3, -0.25) is 5.43 Å². The highest BCUT2D eigenvalue weighted by molar-refractivity contribution is 6.13. The third-order valence-electron chi connectivity index (χ3n) is 3.29. The van der Waals surface area contributed by atoms with Gasteiger partial charge in [0.25, 0.3) is 0 Å². The lowest BCUT2D eigenvalue weighted by atomic mass is 10.0. The molecule has 0 amide bonds.